The Labute approximate surface area is 144 Å². The molecule has 4 rings (SSSR count). The Kier molecular flexibility index (Phi) is 4.13. The molecule has 6 nitrogen and oxygen atoms in total. The van der Waals surface area contributed by atoms with Crippen molar-refractivity contribution in [2.24, 2.45) is 0 Å². The summed E-state index contributed by atoms with van der Waals surface area (Å²) in [7, 11) is 0. The number of carbonyl (C=O) groups excluding carboxylic acids is 1. The minimum Gasteiger partial charge on any atom is -0.348 e. The molecule has 1 aromatic carbocycles. The molecule has 0 aliphatic heterocycles. The average molecular weight is 339 g/mol. The van der Waals surface area contributed by atoms with Crippen molar-refractivity contribution in [3.05, 3.63) is 48.2 Å². The van der Waals surface area contributed by atoms with Gasteiger partial charge < -0.3 is 5.32 Å². The SMILES string of the molecule is O=C(NC1CCCCC1)c1cc(-c2ccc(F)cc2)c2nncn2n1. The van der Waals surface area contributed by atoms with Gasteiger partial charge in [0, 0.05) is 11.6 Å². The van der Waals surface area contributed by atoms with Crippen molar-refractivity contribution in [2.45, 2.75) is 38.1 Å². The summed E-state index contributed by atoms with van der Waals surface area (Å²) >= 11 is 0. The van der Waals surface area contributed by atoms with E-state index < -0.39 is 0 Å². The van der Waals surface area contributed by atoms with Crippen LogP contribution in [0.3, 0.4) is 0 Å². The fourth-order valence-electron chi connectivity index (χ4n) is 3.29. The molecule has 1 fully saturated rings. The molecule has 0 bridgehead atoms. The van der Waals surface area contributed by atoms with E-state index in [9.17, 15) is 9.18 Å². The van der Waals surface area contributed by atoms with Crippen LogP contribution in [0.2, 0.25) is 0 Å². The zero-order valence-electron chi connectivity index (χ0n) is 13.7. The van der Waals surface area contributed by atoms with Crippen molar-refractivity contribution >= 4 is 11.6 Å². The zero-order chi connectivity index (χ0) is 17.2. The van der Waals surface area contributed by atoms with E-state index in [2.05, 4.69) is 20.6 Å². The van der Waals surface area contributed by atoms with E-state index in [4.69, 9.17) is 0 Å². The topological polar surface area (TPSA) is 72.2 Å². The third kappa shape index (κ3) is 3.22. The summed E-state index contributed by atoms with van der Waals surface area (Å²) in [5.74, 6) is -0.517. The first-order valence-electron chi connectivity index (χ1n) is 8.48. The largest absolute Gasteiger partial charge is 0.348 e. The number of rotatable bonds is 3. The van der Waals surface area contributed by atoms with E-state index >= 15 is 0 Å². The number of aromatic nitrogens is 4. The molecular weight excluding hydrogens is 321 g/mol. The molecular formula is C18H18FN5O. The maximum absolute atomic E-state index is 13.2. The molecule has 0 saturated heterocycles. The quantitative estimate of drug-likeness (QED) is 0.796. The van der Waals surface area contributed by atoms with Crippen LogP contribution in [0.1, 0.15) is 42.6 Å². The third-order valence-corrected chi connectivity index (χ3v) is 4.60. The van der Waals surface area contributed by atoms with E-state index in [-0.39, 0.29) is 17.8 Å². The van der Waals surface area contributed by atoms with Gasteiger partial charge in [-0.3, -0.25) is 4.79 Å². The monoisotopic (exact) mass is 339 g/mol. The maximum atomic E-state index is 13.2. The first kappa shape index (κ1) is 15.7. The molecule has 7 heteroatoms. The van der Waals surface area contributed by atoms with Crippen molar-refractivity contribution < 1.29 is 9.18 Å². The predicted molar refractivity (Wildman–Crippen MR) is 90.5 cm³/mol. The normalized spacial score (nSPS) is 15.4. The molecule has 1 aliphatic carbocycles. The van der Waals surface area contributed by atoms with Crippen molar-refractivity contribution in [3.8, 4) is 11.1 Å². The molecule has 0 atom stereocenters. The van der Waals surface area contributed by atoms with Crippen LogP contribution in [0, 0.1) is 5.82 Å². The van der Waals surface area contributed by atoms with E-state index in [1.807, 2.05) is 0 Å². The van der Waals surface area contributed by atoms with Crippen LogP contribution in [-0.2, 0) is 0 Å². The molecule has 0 spiro atoms. The van der Waals surface area contributed by atoms with Crippen molar-refractivity contribution in [1.82, 2.24) is 25.1 Å². The van der Waals surface area contributed by atoms with Crippen LogP contribution in [0.25, 0.3) is 16.8 Å². The fraction of sp³-hybridized carbons (Fsp3) is 0.333. The number of nitrogens with zero attached hydrogens (tertiary/aromatic N) is 4. The lowest BCUT2D eigenvalue weighted by atomic mass is 9.95. The highest BCUT2D eigenvalue weighted by atomic mass is 19.1. The first-order valence-corrected chi connectivity index (χ1v) is 8.48. The molecule has 0 radical (unpaired) electrons. The number of carbonyl (C=O) groups is 1. The van der Waals surface area contributed by atoms with Gasteiger partial charge in [0.25, 0.3) is 5.91 Å². The van der Waals surface area contributed by atoms with Gasteiger partial charge in [-0.1, -0.05) is 31.4 Å². The van der Waals surface area contributed by atoms with Gasteiger partial charge in [0.05, 0.1) is 0 Å². The predicted octanol–water partition coefficient (Wildman–Crippen LogP) is 2.99. The minimum atomic E-state index is -0.314. The van der Waals surface area contributed by atoms with Crippen LogP contribution < -0.4 is 5.32 Å². The molecule has 1 aliphatic rings. The van der Waals surface area contributed by atoms with Gasteiger partial charge in [0.1, 0.15) is 17.8 Å². The van der Waals surface area contributed by atoms with Crippen molar-refractivity contribution in [2.75, 3.05) is 0 Å². The fourth-order valence-corrected chi connectivity index (χ4v) is 3.29. The number of benzene rings is 1. The molecule has 1 N–H and O–H groups in total. The summed E-state index contributed by atoms with van der Waals surface area (Å²) in [5, 5.41) is 15.3. The molecule has 1 amide bonds. The number of hydrogen-bond donors (Lipinski definition) is 1. The van der Waals surface area contributed by atoms with E-state index in [0.29, 0.717) is 16.9 Å². The number of hydrogen-bond acceptors (Lipinski definition) is 4. The van der Waals surface area contributed by atoms with Crippen LogP contribution in [0.5, 0.6) is 0 Å². The van der Waals surface area contributed by atoms with Crippen LogP contribution in [-0.4, -0.2) is 31.8 Å². The van der Waals surface area contributed by atoms with Gasteiger partial charge >= 0.3 is 0 Å². The Bertz CT molecular complexity index is 899. The number of nitrogens with one attached hydrogen (secondary N) is 1. The Morgan fingerprint density at radius 3 is 2.68 bits per heavy atom. The van der Waals surface area contributed by atoms with Gasteiger partial charge in [-0.2, -0.15) is 9.61 Å². The highest BCUT2D eigenvalue weighted by molar-refractivity contribution is 5.94. The lowest BCUT2D eigenvalue weighted by Gasteiger charge is -2.22. The molecule has 2 aromatic heterocycles. The molecule has 2 heterocycles. The smallest absolute Gasteiger partial charge is 0.271 e. The lowest BCUT2D eigenvalue weighted by Crippen LogP contribution is -2.36. The lowest BCUT2D eigenvalue weighted by molar-refractivity contribution is 0.0921. The number of fused-ring (bicyclic) bond motifs is 1. The van der Waals surface area contributed by atoms with Crippen LogP contribution >= 0.6 is 0 Å². The second-order valence-electron chi connectivity index (χ2n) is 6.36. The molecule has 128 valence electrons. The van der Waals surface area contributed by atoms with Gasteiger partial charge in [-0.05, 0) is 36.6 Å². The minimum absolute atomic E-state index is 0.203. The summed E-state index contributed by atoms with van der Waals surface area (Å²) < 4.78 is 14.7. The molecule has 1 saturated carbocycles. The van der Waals surface area contributed by atoms with Gasteiger partial charge in [-0.15, -0.1) is 10.2 Å². The zero-order valence-corrected chi connectivity index (χ0v) is 13.7. The molecule has 0 unspecified atom stereocenters. The summed E-state index contributed by atoms with van der Waals surface area (Å²) in [4.78, 5) is 12.6. The molecule has 25 heavy (non-hydrogen) atoms. The second-order valence-corrected chi connectivity index (χ2v) is 6.36. The summed E-state index contributed by atoms with van der Waals surface area (Å²) in [6.45, 7) is 0. The second kappa shape index (κ2) is 6.58. The van der Waals surface area contributed by atoms with E-state index in [1.54, 1.807) is 18.2 Å². The number of halogens is 1. The van der Waals surface area contributed by atoms with Crippen molar-refractivity contribution in [3.63, 3.8) is 0 Å². The van der Waals surface area contributed by atoms with Crippen LogP contribution in [0.15, 0.2) is 36.7 Å². The standard InChI is InChI=1S/C18H18FN5O/c19-13-8-6-12(7-9-13)15-10-16(23-24-11-20-22-17(15)24)18(25)21-14-4-2-1-3-5-14/h6-11,14H,1-5H2,(H,21,25). The van der Waals surface area contributed by atoms with Gasteiger partial charge in [0.2, 0.25) is 0 Å². The van der Waals surface area contributed by atoms with Crippen molar-refractivity contribution in [1.29, 1.82) is 0 Å². The molecule has 3 aromatic rings. The van der Waals surface area contributed by atoms with E-state index in [1.165, 1.54) is 29.4 Å². The van der Waals surface area contributed by atoms with Crippen LogP contribution in [0.4, 0.5) is 4.39 Å². The highest BCUT2D eigenvalue weighted by Crippen LogP contribution is 2.24. The van der Waals surface area contributed by atoms with E-state index in [0.717, 1.165) is 31.2 Å². The first-order chi connectivity index (χ1) is 12.2. The Balaban J connectivity index is 1.69. The summed E-state index contributed by atoms with van der Waals surface area (Å²) in [5.41, 5.74) is 2.29. The maximum Gasteiger partial charge on any atom is 0.271 e. The summed E-state index contributed by atoms with van der Waals surface area (Å²) in [6, 6.07) is 7.96. The van der Waals surface area contributed by atoms with Gasteiger partial charge in [-0.25, -0.2) is 4.39 Å². The highest BCUT2D eigenvalue weighted by Gasteiger charge is 2.19. The number of amides is 1. The Morgan fingerprint density at radius 2 is 1.92 bits per heavy atom. The Hall–Kier alpha value is -2.83. The summed E-state index contributed by atoms with van der Waals surface area (Å²) in [6.07, 6.45) is 6.98. The average Bonchev–Trinajstić information content (AvgIpc) is 3.11. The third-order valence-electron chi connectivity index (χ3n) is 4.60. The Morgan fingerprint density at radius 1 is 1.16 bits per heavy atom. The van der Waals surface area contributed by atoms with Gasteiger partial charge in [0.15, 0.2) is 5.65 Å².